The van der Waals surface area contributed by atoms with Crippen molar-refractivity contribution in [2.75, 3.05) is 0 Å². The topological polar surface area (TPSA) is 70.5 Å². The summed E-state index contributed by atoms with van der Waals surface area (Å²) in [6.45, 7) is 0.973. The summed E-state index contributed by atoms with van der Waals surface area (Å²) in [7, 11) is 0. The molecule has 1 aliphatic rings. The molecule has 4 heteroatoms. The summed E-state index contributed by atoms with van der Waals surface area (Å²) >= 11 is 0. The van der Waals surface area contributed by atoms with Gasteiger partial charge in [0, 0.05) is 0 Å². The van der Waals surface area contributed by atoms with E-state index in [4.69, 9.17) is 20.9 Å². The highest BCUT2D eigenvalue weighted by Gasteiger charge is 2.56. The number of nitrogens with two attached hydrogens (primary N) is 2. The molecule has 3 atom stereocenters. The van der Waals surface area contributed by atoms with Crippen LogP contribution in [-0.4, -0.2) is 17.7 Å². The molecule has 2 aromatic carbocycles. The molecule has 0 saturated heterocycles. The number of rotatable bonds is 6. The summed E-state index contributed by atoms with van der Waals surface area (Å²) in [4.78, 5) is 0. The average Bonchev–Trinajstić information content (AvgIpc) is 3.30. The lowest BCUT2D eigenvalue weighted by Gasteiger charge is -2.15. The van der Waals surface area contributed by atoms with E-state index in [-0.39, 0.29) is 6.10 Å². The van der Waals surface area contributed by atoms with E-state index >= 15 is 0 Å². The maximum atomic E-state index is 6.28. The molecule has 0 aliphatic heterocycles. The molecule has 0 radical (unpaired) electrons. The largest absolute Gasteiger partial charge is 0.442 e. The number of hydrogen-bond acceptors (Lipinski definition) is 4. The Labute approximate surface area is 142 Å². The lowest BCUT2D eigenvalue weighted by molar-refractivity contribution is 0.0890. The molecule has 124 valence electrons. The summed E-state index contributed by atoms with van der Waals surface area (Å²) in [5.41, 5.74) is 14.0. The Morgan fingerprint density at radius 1 is 1.00 bits per heavy atom. The van der Waals surface area contributed by atoms with Crippen LogP contribution in [0.4, 0.5) is 0 Å². The highest BCUT2D eigenvalue weighted by atomic mass is 16.5. The highest BCUT2D eigenvalue weighted by molar-refractivity contribution is 5.26. The van der Waals surface area contributed by atoms with E-state index in [1.807, 2.05) is 60.7 Å². The van der Waals surface area contributed by atoms with Gasteiger partial charge >= 0.3 is 0 Å². The number of ether oxygens (including phenoxy) is 2. The maximum Gasteiger partial charge on any atom is 0.125 e. The van der Waals surface area contributed by atoms with Gasteiger partial charge in [0.1, 0.15) is 12.7 Å². The fourth-order valence-corrected chi connectivity index (χ4v) is 2.51. The minimum absolute atomic E-state index is 0.0591. The molecule has 24 heavy (non-hydrogen) atoms. The Morgan fingerprint density at radius 2 is 1.58 bits per heavy atom. The molecular formula is C20H22N2O2. The van der Waals surface area contributed by atoms with Crippen molar-refractivity contribution < 1.29 is 9.47 Å². The quantitative estimate of drug-likeness (QED) is 0.800. The molecule has 2 unspecified atom stereocenters. The van der Waals surface area contributed by atoms with Crippen molar-refractivity contribution in [2.45, 2.75) is 37.3 Å². The van der Waals surface area contributed by atoms with Gasteiger partial charge in [-0.3, -0.25) is 0 Å². The lowest BCUT2D eigenvalue weighted by Crippen LogP contribution is -2.46. The first-order valence-electron chi connectivity index (χ1n) is 8.05. The van der Waals surface area contributed by atoms with Crippen molar-refractivity contribution in [1.82, 2.24) is 0 Å². The molecule has 0 spiro atoms. The predicted molar refractivity (Wildman–Crippen MR) is 93.5 cm³/mol. The Balaban J connectivity index is 1.44. The number of hydrogen-bond donors (Lipinski definition) is 2. The van der Waals surface area contributed by atoms with Gasteiger partial charge in [-0.25, -0.2) is 0 Å². The molecule has 3 rings (SSSR count). The van der Waals surface area contributed by atoms with E-state index in [1.54, 1.807) is 0 Å². The molecule has 4 N–H and O–H groups in total. The molecule has 1 fully saturated rings. The van der Waals surface area contributed by atoms with E-state index < -0.39 is 11.6 Å². The van der Waals surface area contributed by atoms with Crippen molar-refractivity contribution in [3.8, 4) is 12.0 Å². The molecule has 0 amide bonds. The van der Waals surface area contributed by atoms with Crippen molar-refractivity contribution in [3.05, 3.63) is 71.8 Å². The molecule has 1 saturated carbocycles. The molecule has 0 aromatic heterocycles. The van der Waals surface area contributed by atoms with E-state index in [9.17, 15) is 0 Å². The fourth-order valence-electron chi connectivity index (χ4n) is 2.51. The molecule has 2 aromatic rings. The second-order valence-electron chi connectivity index (χ2n) is 6.10. The van der Waals surface area contributed by atoms with Crippen molar-refractivity contribution >= 4 is 0 Å². The van der Waals surface area contributed by atoms with E-state index in [1.165, 1.54) is 0 Å². The van der Waals surface area contributed by atoms with E-state index in [0.717, 1.165) is 11.1 Å². The van der Waals surface area contributed by atoms with Crippen molar-refractivity contribution in [1.29, 1.82) is 0 Å². The monoisotopic (exact) mass is 322 g/mol. The minimum atomic E-state index is -0.585. The van der Waals surface area contributed by atoms with E-state index in [2.05, 4.69) is 12.0 Å². The normalized spacial score (nSPS) is 23.0. The fraction of sp³-hybridized carbons (Fsp3) is 0.300. The van der Waals surface area contributed by atoms with Crippen molar-refractivity contribution in [2.24, 2.45) is 11.5 Å². The third-order valence-corrected chi connectivity index (χ3v) is 4.22. The molecule has 0 bridgehead atoms. The standard InChI is InChI=1S/C20H22N2O2/c21-18(11-12-23-14-16-7-3-1-4-8-16)20(22)13-19(20)24-15-17-9-5-2-6-10-17/h1-10,18-19H,13-15,21-22H2/t18?,19-,20?/m0/s1. The van der Waals surface area contributed by atoms with Crippen LogP contribution in [0.15, 0.2) is 60.7 Å². The highest BCUT2D eigenvalue weighted by Crippen LogP contribution is 2.39. The van der Waals surface area contributed by atoms with Crippen LogP contribution >= 0.6 is 0 Å². The van der Waals surface area contributed by atoms with E-state index in [0.29, 0.717) is 19.6 Å². The zero-order chi connectivity index (χ0) is 16.8. The van der Waals surface area contributed by atoms with Crippen LogP contribution in [0.2, 0.25) is 0 Å². The first kappa shape index (κ1) is 16.5. The summed E-state index contributed by atoms with van der Waals surface area (Å²) in [6.07, 6.45) is 3.32. The Kier molecular flexibility index (Phi) is 5.17. The van der Waals surface area contributed by atoms with Crippen LogP contribution in [-0.2, 0) is 22.7 Å². The maximum absolute atomic E-state index is 6.28. The Hall–Kier alpha value is -2.32. The van der Waals surface area contributed by atoms with Crippen LogP contribution in [0.1, 0.15) is 17.5 Å². The van der Waals surface area contributed by atoms with Gasteiger partial charge in [-0.05, 0) is 23.5 Å². The number of benzene rings is 2. The third kappa shape index (κ3) is 4.15. The van der Waals surface area contributed by atoms with Gasteiger partial charge in [-0.1, -0.05) is 60.7 Å². The Morgan fingerprint density at radius 3 is 2.21 bits per heavy atom. The van der Waals surface area contributed by atoms with Crippen LogP contribution in [0.5, 0.6) is 0 Å². The lowest BCUT2D eigenvalue weighted by atomic mass is 10.1. The van der Waals surface area contributed by atoms with Gasteiger partial charge in [0.2, 0.25) is 0 Å². The van der Waals surface area contributed by atoms with Gasteiger partial charge in [-0.2, -0.15) is 0 Å². The smallest absolute Gasteiger partial charge is 0.125 e. The van der Waals surface area contributed by atoms with Crippen LogP contribution in [0.3, 0.4) is 0 Å². The van der Waals surface area contributed by atoms with Gasteiger partial charge in [0.15, 0.2) is 0 Å². The van der Waals surface area contributed by atoms with Gasteiger partial charge < -0.3 is 20.9 Å². The van der Waals surface area contributed by atoms with Gasteiger partial charge in [0.05, 0.1) is 24.3 Å². The predicted octanol–water partition coefficient (Wildman–Crippen LogP) is 2.18. The molecule has 0 heterocycles. The summed E-state index contributed by atoms with van der Waals surface area (Å²) in [5, 5.41) is 0. The zero-order valence-corrected chi connectivity index (χ0v) is 13.5. The summed E-state index contributed by atoms with van der Waals surface area (Å²) in [6, 6.07) is 19.4. The van der Waals surface area contributed by atoms with Gasteiger partial charge in [0.25, 0.3) is 0 Å². The second kappa shape index (κ2) is 7.50. The molecule has 1 aliphatic carbocycles. The van der Waals surface area contributed by atoms with Crippen LogP contribution in [0.25, 0.3) is 0 Å². The van der Waals surface area contributed by atoms with Crippen LogP contribution < -0.4 is 11.5 Å². The molecular weight excluding hydrogens is 300 g/mol. The second-order valence-corrected chi connectivity index (χ2v) is 6.10. The van der Waals surface area contributed by atoms with Gasteiger partial charge in [-0.15, -0.1) is 0 Å². The SMILES string of the molecule is NC(C#COCc1ccccc1)C1(N)C[C@@H]1OCc1ccccc1. The first-order valence-corrected chi connectivity index (χ1v) is 8.05. The zero-order valence-electron chi connectivity index (χ0n) is 13.5. The van der Waals surface area contributed by atoms with Crippen molar-refractivity contribution in [3.63, 3.8) is 0 Å². The average molecular weight is 322 g/mol. The third-order valence-electron chi connectivity index (χ3n) is 4.22. The first-order chi connectivity index (χ1) is 11.7. The summed E-state index contributed by atoms with van der Waals surface area (Å²) in [5.74, 6) is 2.88. The minimum Gasteiger partial charge on any atom is -0.442 e. The van der Waals surface area contributed by atoms with Crippen LogP contribution in [0, 0.1) is 12.0 Å². The molecule has 4 nitrogen and oxygen atoms in total. The Bertz CT molecular complexity index is 709. The summed E-state index contributed by atoms with van der Waals surface area (Å²) < 4.78 is 11.2.